The molecule has 0 aromatic heterocycles. The van der Waals surface area contributed by atoms with E-state index in [2.05, 4.69) is 52.7 Å². The molecule has 2 saturated carbocycles. The second kappa shape index (κ2) is 11.4. The summed E-state index contributed by atoms with van der Waals surface area (Å²) >= 11 is 0. The van der Waals surface area contributed by atoms with E-state index in [9.17, 15) is 4.79 Å². The zero-order chi connectivity index (χ0) is 21.4. The number of allylic oxidation sites excluding steroid dienone is 2. The first-order valence-electron chi connectivity index (χ1n) is 12.5. The summed E-state index contributed by atoms with van der Waals surface area (Å²) in [6.45, 7) is 11.7. The Morgan fingerprint density at radius 2 is 1.93 bits per heavy atom. The predicted octanol–water partition coefficient (Wildman–Crippen LogP) is 7.85. The first kappa shape index (κ1) is 24.2. The number of terminal acetylenes is 1. The molecule has 6 atom stereocenters. The van der Waals surface area contributed by atoms with E-state index in [1.54, 1.807) is 0 Å². The maximum Gasteiger partial charge on any atom is 0.139 e. The molecule has 0 spiro atoms. The molecule has 0 saturated heterocycles. The van der Waals surface area contributed by atoms with E-state index < -0.39 is 0 Å². The minimum atomic E-state index is 0.245. The lowest BCUT2D eigenvalue weighted by atomic mass is 9.58. The van der Waals surface area contributed by atoms with Gasteiger partial charge in [0.2, 0.25) is 0 Å². The van der Waals surface area contributed by atoms with E-state index in [1.165, 1.54) is 32.1 Å². The highest BCUT2D eigenvalue weighted by atomic mass is 16.1. The number of fused-ring (bicyclic) bond motifs is 1. The quantitative estimate of drug-likeness (QED) is 0.256. The van der Waals surface area contributed by atoms with Crippen LogP contribution in [0.15, 0.2) is 12.2 Å². The highest BCUT2D eigenvalue weighted by Crippen LogP contribution is 2.58. The van der Waals surface area contributed by atoms with E-state index in [4.69, 9.17) is 6.42 Å². The van der Waals surface area contributed by atoms with Gasteiger partial charge in [0.1, 0.15) is 5.78 Å². The highest BCUT2D eigenvalue weighted by Gasteiger charge is 2.54. The van der Waals surface area contributed by atoms with Crippen LogP contribution in [0.5, 0.6) is 0 Å². The van der Waals surface area contributed by atoms with E-state index in [-0.39, 0.29) is 11.3 Å². The van der Waals surface area contributed by atoms with Gasteiger partial charge in [0, 0.05) is 18.3 Å². The van der Waals surface area contributed by atoms with Crippen molar-refractivity contribution in [3.8, 4) is 12.3 Å². The van der Waals surface area contributed by atoms with Crippen LogP contribution in [0.1, 0.15) is 105 Å². The molecule has 2 aliphatic rings. The molecule has 0 amide bonds. The van der Waals surface area contributed by atoms with Gasteiger partial charge in [0.25, 0.3) is 0 Å². The van der Waals surface area contributed by atoms with Gasteiger partial charge in [-0.3, -0.25) is 4.79 Å². The third kappa shape index (κ3) is 6.23. The number of rotatable bonds is 11. The molecule has 0 heterocycles. The zero-order valence-electron chi connectivity index (χ0n) is 19.9. The van der Waals surface area contributed by atoms with Crippen molar-refractivity contribution in [1.29, 1.82) is 0 Å². The Morgan fingerprint density at radius 3 is 2.59 bits per heavy atom. The predicted molar refractivity (Wildman–Crippen MR) is 126 cm³/mol. The van der Waals surface area contributed by atoms with Gasteiger partial charge in [-0.1, -0.05) is 66.0 Å². The van der Waals surface area contributed by atoms with Crippen LogP contribution in [0, 0.1) is 53.3 Å². The Balaban J connectivity index is 1.98. The van der Waals surface area contributed by atoms with Crippen LogP contribution in [0.2, 0.25) is 0 Å². The molecular formula is C28H46O. The molecule has 2 rings (SSSR count). The first-order chi connectivity index (χ1) is 13.8. The lowest BCUT2D eigenvalue weighted by Gasteiger charge is -2.45. The van der Waals surface area contributed by atoms with Crippen LogP contribution in [-0.2, 0) is 4.79 Å². The average molecular weight is 399 g/mol. The van der Waals surface area contributed by atoms with Crippen molar-refractivity contribution in [2.24, 2.45) is 40.9 Å². The van der Waals surface area contributed by atoms with Crippen molar-refractivity contribution in [3.05, 3.63) is 12.2 Å². The number of ketones is 1. The summed E-state index contributed by atoms with van der Waals surface area (Å²) < 4.78 is 0. The summed E-state index contributed by atoms with van der Waals surface area (Å²) in [6, 6.07) is 0. The third-order valence-electron chi connectivity index (χ3n) is 8.21. The minimum Gasteiger partial charge on any atom is -0.299 e. The summed E-state index contributed by atoms with van der Waals surface area (Å²) in [5.74, 6) is 6.74. The summed E-state index contributed by atoms with van der Waals surface area (Å²) in [4.78, 5) is 13.5. The largest absolute Gasteiger partial charge is 0.299 e. The molecule has 0 radical (unpaired) electrons. The SMILES string of the molecule is C#CCC(C/C=C\CC)CC1CC[C@@]2(C)C(CC[C@@H]2[C@H](C)CCCC(C)C)C1=O. The number of Topliss-reactive ketones (excluding diaryl/α,β-unsaturated/α-hetero) is 1. The van der Waals surface area contributed by atoms with Crippen molar-refractivity contribution >= 4 is 5.78 Å². The minimum absolute atomic E-state index is 0.245. The lowest BCUT2D eigenvalue weighted by Crippen LogP contribution is -2.43. The van der Waals surface area contributed by atoms with Gasteiger partial charge < -0.3 is 0 Å². The maximum atomic E-state index is 13.5. The van der Waals surface area contributed by atoms with Crippen molar-refractivity contribution in [1.82, 2.24) is 0 Å². The van der Waals surface area contributed by atoms with E-state index >= 15 is 0 Å². The lowest BCUT2D eigenvalue weighted by molar-refractivity contribution is -0.136. The molecule has 0 bridgehead atoms. The van der Waals surface area contributed by atoms with E-state index in [1.807, 2.05) is 0 Å². The van der Waals surface area contributed by atoms with Gasteiger partial charge in [0.15, 0.2) is 0 Å². The number of carbonyl (C=O) groups is 1. The third-order valence-corrected chi connectivity index (χ3v) is 8.21. The van der Waals surface area contributed by atoms with Gasteiger partial charge in [0.05, 0.1) is 0 Å². The van der Waals surface area contributed by atoms with Crippen molar-refractivity contribution < 1.29 is 4.79 Å². The molecule has 1 nitrogen and oxygen atoms in total. The van der Waals surface area contributed by atoms with Crippen LogP contribution in [0.25, 0.3) is 0 Å². The summed E-state index contributed by atoms with van der Waals surface area (Å²) in [5.41, 5.74) is 0.245. The molecule has 0 aromatic carbocycles. The highest BCUT2D eigenvalue weighted by molar-refractivity contribution is 5.85. The molecule has 29 heavy (non-hydrogen) atoms. The Hall–Kier alpha value is -1.03. The molecule has 164 valence electrons. The maximum absolute atomic E-state index is 13.5. The summed E-state index contributed by atoms with van der Waals surface area (Å²) in [5, 5.41) is 0. The Labute approximate surface area is 181 Å². The number of hydrogen-bond donors (Lipinski definition) is 0. The topological polar surface area (TPSA) is 17.1 Å². The molecular weight excluding hydrogens is 352 g/mol. The molecule has 0 aromatic rings. The van der Waals surface area contributed by atoms with Crippen LogP contribution in [0.4, 0.5) is 0 Å². The fraction of sp³-hybridized carbons (Fsp3) is 0.821. The number of hydrogen-bond acceptors (Lipinski definition) is 1. The van der Waals surface area contributed by atoms with Crippen LogP contribution < -0.4 is 0 Å². The zero-order valence-corrected chi connectivity index (χ0v) is 19.9. The molecule has 2 aliphatic carbocycles. The molecule has 0 N–H and O–H groups in total. The van der Waals surface area contributed by atoms with Gasteiger partial charge >= 0.3 is 0 Å². The normalized spacial score (nSPS) is 31.8. The monoisotopic (exact) mass is 398 g/mol. The number of carbonyl (C=O) groups excluding carboxylic acids is 1. The average Bonchev–Trinajstić information content (AvgIpc) is 3.02. The van der Waals surface area contributed by atoms with Crippen molar-refractivity contribution in [3.63, 3.8) is 0 Å². The van der Waals surface area contributed by atoms with Crippen LogP contribution >= 0.6 is 0 Å². The summed E-state index contributed by atoms with van der Waals surface area (Å²) in [7, 11) is 0. The molecule has 2 fully saturated rings. The van der Waals surface area contributed by atoms with Crippen molar-refractivity contribution in [2.45, 2.75) is 105 Å². The molecule has 1 heteroatoms. The molecule has 0 aliphatic heterocycles. The van der Waals surface area contributed by atoms with Gasteiger partial charge in [-0.2, -0.15) is 0 Å². The fourth-order valence-corrected chi connectivity index (χ4v) is 6.51. The Bertz CT molecular complexity index is 580. The summed E-state index contributed by atoms with van der Waals surface area (Å²) in [6.07, 6.45) is 22.7. The van der Waals surface area contributed by atoms with Crippen LogP contribution in [-0.4, -0.2) is 5.78 Å². The van der Waals surface area contributed by atoms with Crippen molar-refractivity contribution in [2.75, 3.05) is 0 Å². The smallest absolute Gasteiger partial charge is 0.139 e. The first-order valence-corrected chi connectivity index (χ1v) is 12.5. The standard InChI is InChI=1S/C28H46O/c1-7-9-10-15-23(12-8-2)20-24-18-19-28(6)25(16-17-26(28)27(24)29)22(5)14-11-13-21(3)4/h2,9-10,21-26H,7,11-20H2,1,3-6H3/b10-9-/t22-,23?,24?,25-,26?,28-/m1/s1. The second-order valence-electron chi connectivity index (χ2n) is 10.8. The van der Waals surface area contributed by atoms with Gasteiger partial charge in [-0.25, -0.2) is 0 Å². The molecule has 3 unspecified atom stereocenters. The fourth-order valence-electron chi connectivity index (χ4n) is 6.51. The Kier molecular flexibility index (Phi) is 9.52. The van der Waals surface area contributed by atoms with Gasteiger partial charge in [-0.05, 0) is 74.0 Å². The van der Waals surface area contributed by atoms with E-state index in [0.717, 1.165) is 56.3 Å². The van der Waals surface area contributed by atoms with Gasteiger partial charge in [-0.15, -0.1) is 12.3 Å². The van der Waals surface area contributed by atoms with E-state index in [0.29, 0.717) is 17.6 Å². The second-order valence-corrected chi connectivity index (χ2v) is 10.8. The Morgan fingerprint density at radius 1 is 1.17 bits per heavy atom. The van der Waals surface area contributed by atoms with Crippen LogP contribution in [0.3, 0.4) is 0 Å².